The van der Waals surface area contributed by atoms with Gasteiger partial charge in [-0.2, -0.15) is 0 Å². The Hall–Kier alpha value is -0.610. The molecular formula is C7H16N2O2. The van der Waals surface area contributed by atoms with Crippen molar-refractivity contribution in [3.63, 3.8) is 0 Å². The van der Waals surface area contributed by atoms with Crippen molar-refractivity contribution in [1.82, 2.24) is 5.32 Å². The van der Waals surface area contributed by atoms with Crippen molar-refractivity contribution in [2.24, 2.45) is 5.73 Å². The van der Waals surface area contributed by atoms with Crippen LogP contribution in [0, 0.1) is 0 Å². The zero-order valence-electron chi connectivity index (χ0n) is 7.05. The van der Waals surface area contributed by atoms with Crippen LogP contribution in [0.3, 0.4) is 0 Å². The highest BCUT2D eigenvalue weighted by Gasteiger charge is 2.18. The predicted molar refractivity (Wildman–Crippen MR) is 43.0 cm³/mol. The van der Waals surface area contributed by atoms with Gasteiger partial charge in [-0.3, -0.25) is 4.79 Å². The van der Waals surface area contributed by atoms with E-state index >= 15 is 0 Å². The second-order valence-corrected chi connectivity index (χ2v) is 3.11. The second kappa shape index (κ2) is 4.31. The lowest BCUT2D eigenvalue weighted by molar-refractivity contribution is -0.121. The van der Waals surface area contributed by atoms with Crippen LogP contribution in [0.25, 0.3) is 0 Å². The van der Waals surface area contributed by atoms with Gasteiger partial charge in [0, 0.05) is 12.1 Å². The summed E-state index contributed by atoms with van der Waals surface area (Å²) in [7, 11) is 0. The van der Waals surface area contributed by atoms with E-state index in [9.17, 15) is 4.79 Å². The average Bonchev–Trinajstić information content (AvgIpc) is 1.86. The molecule has 0 aromatic rings. The standard InChI is InChI=1S/C7H16N2O2/c1-7(2,3-4-10)9-6(11)5-8/h10H,3-5,8H2,1-2H3,(H,9,11). The van der Waals surface area contributed by atoms with E-state index in [1.807, 2.05) is 13.8 Å². The summed E-state index contributed by atoms with van der Waals surface area (Å²) in [6, 6.07) is 0. The molecular weight excluding hydrogens is 144 g/mol. The zero-order chi connectivity index (χ0) is 8.91. The number of carbonyl (C=O) groups is 1. The van der Waals surface area contributed by atoms with Crippen LogP contribution in [-0.4, -0.2) is 29.7 Å². The van der Waals surface area contributed by atoms with Gasteiger partial charge in [-0.15, -0.1) is 0 Å². The highest BCUT2D eigenvalue weighted by atomic mass is 16.3. The number of nitrogens with two attached hydrogens (primary N) is 1. The number of carbonyl (C=O) groups excluding carboxylic acids is 1. The molecule has 0 saturated heterocycles. The lowest BCUT2D eigenvalue weighted by Crippen LogP contribution is -2.46. The van der Waals surface area contributed by atoms with Crippen LogP contribution in [0.1, 0.15) is 20.3 Å². The molecule has 66 valence electrons. The van der Waals surface area contributed by atoms with E-state index in [-0.39, 0.29) is 24.6 Å². The summed E-state index contributed by atoms with van der Waals surface area (Å²) in [6.45, 7) is 3.75. The van der Waals surface area contributed by atoms with Crippen LogP contribution >= 0.6 is 0 Å². The molecule has 4 nitrogen and oxygen atoms in total. The maximum Gasteiger partial charge on any atom is 0.234 e. The minimum atomic E-state index is -0.356. The molecule has 4 N–H and O–H groups in total. The maximum absolute atomic E-state index is 10.8. The third-order valence-corrected chi connectivity index (χ3v) is 1.40. The molecule has 0 atom stereocenters. The molecule has 11 heavy (non-hydrogen) atoms. The van der Waals surface area contributed by atoms with Gasteiger partial charge in [0.15, 0.2) is 0 Å². The summed E-state index contributed by atoms with van der Waals surface area (Å²) in [4.78, 5) is 10.8. The Morgan fingerprint density at radius 2 is 2.18 bits per heavy atom. The number of amides is 1. The van der Waals surface area contributed by atoms with Gasteiger partial charge in [0.1, 0.15) is 0 Å². The number of nitrogens with one attached hydrogen (secondary N) is 1. The fourth-order valence-electron chi connectivity index (χ4n) is 0.770. The number of rotatable bonds is 4. The average molecular weight is 160 g/mol. The van der Waals surface area contributed by atoms with Crippen molar-refractivity contribution < 1.29 is 9.90 Å². The molecule has 0 aliphatic carbocycles. The molecule has 0 unspecified atom stereocenters. The fourth-order valence-corrected chi connectivity index (χ4v) is 0.770. The topological polar surface area (TPSA) is 75.3 Å². The lowest BCUT2D eigenvalue weighted by Gasteiger charge is -2.24. The van der Waals surface area contributed by atoms with Crippen LogP contribution in [0.15, 0.2) is 0 Å². The van der Waals surface area contributed by atoms with Gasteiger partial charge in [-0.1, -0.05) is 0 Å². The van der Waals surface area contributed by atoms with E-state index < -0.39 is 0 Å². The van der Waals surface area contributed by atoms with Crippen LogP contribution in [0.2, 0.25) is 0 Å². The Morgan fingerprint density at radius 3 is 2.55 bits per heavy atom. The number of hydrogen-bond acceptors (Lipinski definition) is 3. The maximum atomic E-state index is 10.8. The Labute approximate surface area is 66.8 Å². The molecule has 0 bridgehead atoms. The van der Waals surface area contributed by atoms with Crippen molar-refractivity contribution in [2.75, 3.05) is 13.2 Å². The normalized spacial score (nSPS) is 11.3. The monoisotopic (exact) mass is 160 g/mol. The molecule has 0 heterocycles. The Bertz CT molecular complexity index is 134. The summed E-state index contributed by atoms with van der Waals surface area (Å²) >= 11 is 0. The summed E-state index contributed by atoms with van der Waals surface area (Å²) in [5, 5.41) is 11.3. The minimum Gasteiger partial charge on any atom is -0.396 e. The summed E-state index contributed by atoms with van der Waals surface area (Å²) in [6.07, 6.45) is 0.540. The predicted octanol–water partition coefficient (Wildman–Crippen LogP) is -0.778. The molecule has 0 radical (unpaired) electrons. The van der Waals surface area contributed by atoms with Crippen molar-refractivity contribution in [3.8, 4) is 0 Å². The molecule has 0 rings (SSSR count). The molecule has 0 fully saturated rings. The van der Waals surface area contributed by atoms with Gasteiger partial charge in [0.05, 0.1) is 6.54 Å². The van der Waals surface area contributed by atoms with Gasteiger partial charge >= 0.3 is 0 Å². The molecule has 0 spiro atoms. The highest BCUT2D eigenvalue weighted by molar-refractivity contribution is 5.78. The quantitative estimate of drug-likeness (QED) is 0.505. The van der Waals surface area contributed by atoms with Gasteiger partial charge in [-0.25, -0.2) is 0 Å². The number of aliphatic hydroxyl groups is 1. The van der Waals surface area contributed by atoms with Crippen LogP contribution < -0.4 is 11.1 Å². The largest absolute Gasteiger partial charge is 0.396 e. The van der Waals surface area contributed by atoms with Gasteiger partial charge in [0.25, 0.3) is 0 Å². The first-order chi connectivity index (χ1) is 5.02. The first kappa shape index (κ1) is 10.4. The van der Waals surface area contributed by atoms with E-state index in [1.54, 1.807) is 0 Å². The third-order valence-electron chi connectivity index (χ3n) is 1.40. The molecule has 0 aliphatic rings. The van der Waals surface area contributed by atoms with Crippen LogP contribution in [0.4, 0.5) is 0 Å². The summed E-state index contributed by atoms with van der Waals surface area (Å²) < 4.78 is 0. The zero-order valence-corrected chi connectivity index (χ0v) is 7.05. The fraction of sp³-hybridized carbons (Fsp3) is 0.857. The van der Waals surface area contributed by atoms with E-state index in [4.69, 9.17) is 10.8 Å². The lowest BCUT2D eigenvalue weighted by atomic mass is 10.0. The van der Waals surface area contributed by atoms with Gasteiger partial charge in [-0.05, 0) is 20.3 Å². The van der Waals surface area contributed by atoms with E-state index in [0.29, 0.717) is 6.42 Å². The van der Waals surface area contributed by atoms with Crippen molar-refractivity contribution in [2.45, 2.75) is 25.8 Å². The van der Waals surface area contributed by atoms with Crippen LogP contribution in [-0.2, 0) is 4.79 Å². The molecule has 0 aromatic heterocycles. The first-order valence-corrected chi connectivity index (χ1v) is 3.64. The Kier molecular flexibility index (Phi) is 4.07. The molecule has 1 amide bonds. The second-order valence-electron chi connectivity index (χ2n) is 3.11. The van der Waals surface area contributed by atoms with Crippen molar-refractivity contribution >= 4 is 5.91 Å². The molecule has 0 saturated carbocycles. The summed E-state index contributed by atoms with van der Waals surface area (Å²) in [5.41, 5.74) is 4.74. The third kappa shape index (κ3) is 4.75. The van der Waals surface area contributed by atoms with Gasteiger partial charge in [0.2, 0.25) is 5.91 Å². The van der Waals surface area contributed by atoms with E-state index in [1.165, 1.54) is 0 Å². The molecule has 4 heteroatoms. The van der Waals surface area contributed by atoms with E-state index in [2.05, 4.69) is 5.32 Å². The summed E-state index contributed by atoms with van der Waals surface area (Å²) in [5.74, 6) is -0.191. The van der Waals surface area contributed by atoms with Crippen molar-refractivity contribution in [3.05, 3.63) is 0 Å². The van der Waals surface area contributed by atoms with E-state index in [0.717, 1.165) is 0 Å². The Balaban J connectivity index is 3.80. The molecule has 0 aromatic carbocycles. The Morgan fingerprint density at radius 1 is 1.64 bits per heavy atom. The minimum absolute atomic E-state index is 0.00510. The van der Waals surface area contributed by atoms with Gasteiger partial charge < -0.3 is 16.2 Å². The number of aliphatic hydroxyl groups excluding tert-OH is 1. The smallest absolute Gasteiger partial charge is 0.234 e. The first-order valence-electron chi connectivity index (χ1n) is 3.64. The highest BCUT2D eigenvalue weighted by Crippen LogP contribution is 2.05. The SMILES string of the molecule is CC(C)(CCO)NC(=O)CN. The number of hydrogen-bond donors (Lipinski definition) is 3. The van der Waals surface area contributed by atoms with Crippen molar-refractivity contribution in [1.29, 1.82) is 0 Å². The molecule has 0 aliphatic heterocycles. The van der Waals surface area contributed by atoms with Crippen LogP contribution in [0.5, 0.6) is 0 Å².